The SMILES string of the molecule is Cc1ccc(C(N)=S)c(Nc2ccc(Cl)cc2I)n1. The zero-order valence-corrected chi connectivity index (χ0v) is 13.8. The molecule has 0 saturated heterocycles. The van der Waals surface area contributed by atoms with Gasteiger partial charge in [0.15, 0.2) is 0 Å². The molecule has 19 heavy (non-hydrogen) atoms. The van der Waals surface area contributed by atoms with Crippen LogP contribution in [-0.2, 0) is 0 Å². The lowest BCUT2D eigenvalue weighted by atomic mass is 10.2. The maximum Gasteiger partial charge on any atom is 0.140 e. The Morgan fingerprint density at radius 1 is 1.37 bits per heavy atom. The average molecular weight is 404 g/mol. The molecular formula is C13H11ClIN3S. The van der Waals surface area contributed by atoms with Crippen molar-refractivity contribution in [2.75, 3.05) is 5.32 Å². The summed E-state index contributed by atoms with van der Waals surface area (Å²) in [6.45, 7) is 1.92. The minimum absolute atomic E-state index is 0.318. The molecule has 3 nitrogen and oxygen atoms in total. The highest BCUT2D eigenvalue weighted by Gasteiger charge is 2.09. The number of thiocarbonyl (C=S) groups is 1. The largest absolute Gasteiger partial charge is 0.389 e. The predicted octanol–water partition coefficient (Wildman–Crippen LogP) is 4.03. The van der Waals surface area contributed by atoms with E-state index in [1.165, 1.54) is 0 Å². The first-order chi connectivity index (χ1) is 8.97. The first kappa shape index (κ1) is 14.5. The Balaban J connectivity index is 2.42. The van der Waals surface area contributed by atoms with Gasteiger partial charge < -0.3 is 11.1 Å². The van der Waals surface area contributed by atoms with E-state index in [1.807, 2.05) is 37.3 Å². The van der Waals surface area contributed by atoms with Gasteiger partial charge in [-0.25, -0.2) is 4.98 Å². The van der Waals surface area contributed by atoms with Crippen LogP contribution >= 0.6 is 46.4 Å². The number of pyridine rings is 1. The monoisotopic (exact) mass is 403 g/mol. The average Bonchev–Trinajstić information content (AvgIpc) is 2.32. The number of nitrogens with two attached hydrogens (primary N) is 1. The van der Waals surface area contributed by atoms with Crippen molar-refractivity contribution in [1.29, 1.82) is 0 Å². The highest BCUT2D eigenvalue weighted by Crippen LogP contribution is 2.26. The molecule has 0 bridgehead atoms. The summed E-state index contributed by atoms with van der Waals surface area (Å²) in [6, 6.07) is 9.35. The summed E-state index contributed by atoms with van der Waals surface area (Å²) in [4.78, 5) is 4.76. The van der Waals surface area contributed by atoms with Crippen molar-refractivity contribution in [1.82, 2.24) is 4.98 Å². The molecule has 3 N–H and O–H groups in total. The van der Waals surface area contributed by atoms with Crippen molar-refractivity contribution in [3.63, 3.8) is 0 Å². The van der Waals surface area contributed by atoms with Crippen LogP contribution in [0, 0.1) is 10.5 Å². The van der Waals surface area contributed by atoms with Crippen LogP contribution in [-0.4, -0.2) is 9.97 Å². The molecule has 1 aromatic carbocycles. The normalized spacial score (nSPS) is 10.3. The van der Waals surface area contributed by atoms with E-state index in [2.05, 4.69) is 32.9 Å². The topological polar surface area (TPSA) is 50.9 Å². The lowest BCUT2D eigenvalue weighted by Gasteiger charge is -2.12. The molecule has 0 spiro atoms. The van der Waals surface area contributed by atoms with E-state index in [0.29, 0.717) is 15.8 Å². The fourth-order valence-electron chi connectivity index (χ4n) is 1.57. The maximum atomic E-state index is 5.94. The van der Waals surface area contributed by atoms with Gasteiger partial charge in [0.2, 0.25) is 0 Å². The number of nitrogens with zero attached hydrogens (tertiary/aromatic N) is 1. The molecule has 1 heterocycles. The number of aromatic nitrogens is 1. The number of anilines is 2. The van der Waals surface area contributed by atoms with Gasteiger partial charge in [-0.15, -0.1) is 0 Å². The van der Waals surface area contributed by atoms with E-state index < -0.39 is 0 Å². The number of hydrogen-bond donors (Lipinski definition) is 2. The van der Waals surface area contributed by atoms with Gasteiger partial charge in [-0.1, -0.05) is 23.8 Å². The van der Waals surface area contributed by atoms with Crippen molar-refractivity contribution in [2.45, 2.75) is 6.92 Å². The number of nitrogens with one attached hydrogen (secondary N) is 1. The zero-order valence-electron chi connectivity index (χ0n) is 10.1. The number of halogens is 2. The second kappa shape index (κ2) is 6.02. The molecule has 0 fully saturated rings. The number of rotatable bonds is 3. The van der Waals surface area contributed by atoms with Crippen LogP contribution in [0.2, 0.25) is 5.02 Å². The highest BCUT2D eigenvalue weighted by atomic mass is 127. The Morgan fingerprint density at radius 2 is 2.11 bits per heavy atom. The molecule has 2 aromatic rings. The van der Waals surface area contributed by atoms with E-state index in [1.54, 1.807) is 0 Å². The summed E-state index contributed by atoms with van der Waals surface area (Å²) < 4.78 is 1.00. The molecule has 0 atom stereocenters. The molecule has 98 valence electrons. The first-order valence-corrected chi connectivity index (χ1v) is 7.33. The van der Waals surface area contributed by atoms with Gasteiger partial charge in [-0.3, -0.25) is 0 Å². The molecule has 2 rings (SSSR count). The van der Waals surface area contributed by atoms with Gasteiger partial charge in [-0.05, 0) is 59.8 Å². The Bertz CT molecular complexity index is 646. The van der Waals surface area contributed by atoms with E-state index in [-0.39, 0.29) is 0 Å². The minimum Gasteiger partial charge on any atom is -0.389 e. The summed E-state index contributed by atoms with van der Waals surface area (Å²) in [5.74, 6) is 0.660. The molecule has 0 radical (unpaired) electrons. The summed E-state index contributed by atoms with van der Waals surface area (Å²) >= 11 is 13.2. The van der Waals surface area contributed by atoms with Crippen LogP contribution in [0.5, 0.6) is 0 Å². The quantitative estimate of drug-likeness (QED) is 0.600. The second-order valence-electron chi connectivity index (χ2n) is 3.96. The van der Waals surface area contributed by atoms with Crippen molar-refractivity contribution >= 4 is 62.9 Å². The van der Waals surface area contributed by atoms with Gasteiger partial charge in [0.05, 0.1) is 11.3 Å². The standard InChI is InChI=1S/C13H11ClIN3S/c1-7-2-4-9(12(16)19)13(17-7)18-11-5-3-8(14)6-10(11)15/h2-6H,1H3,(H2,16,19)(H,17,18). The molecule has 6 heteroatoms. The van der Waals surface area contributed by atoms with E-state index >= 15 is 0 Å². The van der Waals surface area contributed by atoms with Gasteiger partial charge in [-0.2, -0.15) is 0 Å². The molecule has 0 aliphatic carbocycles. The molecule has 0 amide bonds. The molecule has 0 unspecified atom stereocenters. The number of benzene rings is 1. The second-order valence-corrected chi connectivity index (χ2v) is 6.00. The van der Waals surface area contributed by atoms with E-state index in [4.69, 9.17) is 29.6 Å². The predicted molar refractivity (Wildman–Crippen MR) is 92.3 cm³/mol. The third kappa shape index (κ3) is 3.55. The van der Waals surface area contributed by atoms with Gasteiger partial charge >= 0.3 is 0 Å². The molecular weight excluding hydrogens is 393 g/mol. The molecule has 1 aromatic heterocycles. The third-order valence-electron chi connectivity index (χ3n) is 2.48. The summed E-state index contributed by atoms with van der Waals surface area (Å²) in [7, 11) is 0. The van der Waals surface area contributed by atoms with Crippen LogP contribution in [0.4, 0.5) is 11.5 Å². The zero-order chi connectivity index (χ0) is 14.0. The Hall–Kier alpha value is -0.920. The number of aryl methyl sites for hydroxylation is 1. The fourth-order valence-corrected chi connectivity index (χ4v) is 2.74. The van der Waals surface area contributed by atoms with Crippen LogP contribution in [0.15, 0.2) is 30.3 Å². The Labute approximate surface area is 135 Å². The summed E-state index contributed by atoms with van der Waals surface area (Å²) in [5.41, 5.74) is 8.25. The van der Waals surface area contributed by atoms with Crippen molar-refractivity contribution in [2.24, 2.45) is 5.73 Å². The van der Waals surface area contributed by atoms with Crippen LogP contribution < -0.4 is 11.1 Å². The Kier molecular flexibility index (Phi) is 4.59. The van der Waals surface area contributed by atoms with Crippen LogP contribution in [0.3, 0.4) is 0 Å². The highest BCUT2D eigenvalue weighted by molar-refractivity contribution is 14.1. The van der Waals surface area contributed by atoms with Crippen LogP contribution in [0.1, 0.15) is 11.3 Å². The lowest BCUT2D eigenvalue weighted by molar-refractivity contribution is 1.19. The van der Waals surface area contributed by atoms with Crippen molar-refractivity contribution in [3.8, 4) is 0 Å². The molecule has 0 aliphatic heterocycles. The summed E-state index contributed by atoms with van der Waals surface area (Å²) in [5, 5.41) is 3.94. The number of hydrogen-bond acceptors (Lipinski definition) is 3. The van der Waals surface area contributed by atoms with Gasteiger partial charge in [0, 0.05) is 14.3 Å². The van der Waals surface area contributed by atoms with Gasteiger partial charge in [0.1, 0.15) is 10.8 Å². The van der Waals surface area contributed by atoms with Crippen molar-refractivity contribution in [3.05, 3.63) is 50.2 Å². The van der Waals surface area contributed by atoms with E-state index in [9.17, 15) is 0 Å². The minimum atomic E-state index is 0.318. The van der Waals surface area contributed by atoms with Crippen LogP contribution in [0.25, 0.3) is 0 Å². The van der Waals surface area contributed by atoms with Crippen molar-refractivity contribution < 1.29 is 0 Å². The molecule has 0 aliphatic rings. The van der Waals surface area contributed by atoms with Gasteiger partial charge in [0.25, 0.3) is 0 Å². The summed E-state index contributed by atoms with van der Waals surface area (Å²) in [6.07, 6.45) is 0. The lowest BCUT2D eigenvalue weighted by Crippen LogP contribution is -2.13. The smallest absolute Gasteiger partial charge is 0.140 e. The fraction of sp³-hybridized carbons (Fsp3) is 0.0769. The first-order valence-electron chi connectivity index (χ1n) is 5.47. The Morgan fingerprint density at radius 3 is 2.74 bits per heavy atom. The third-order valence-corrected chi connectivity index (χ3v) is 3.83. The maximum absolute atomic E-state index is 5.94. The molecule has 0 saturated carbocycles. The van der Waals surface area contributed by atoms with E-state index in [0.717, 1.165) is 20.5 Å².